The van der Waals surface area contributed by atoms with Crippen LogP contribution in [0, 0.1) is 0 Å². The molecule has 2 unspecified atom stereocenters. The number of methoxy groups -OCH3 is 1. The summed E-state index contributed by atoms with van der Waals surface area (Å²) in [5, 5.41) is 0. The number of nitrogens with zero attached hydrogens (tertiary/aromatic N) is 1. The molecule has 4 nitrogen and oxygen atoms in total. The molecule has 0 N–H and O–H groups in total. The van der Waals surface area contributed by atoms with Crippen LogP contribution in [0.5, 0.6) is 11.5 Å². The lowest BCUT2D eigenvalue weighted by Crippen LogP contribution is -2.49. The highest BCUT2D eigenvalue weighted by Gasteiger charge is 2.53. The number of benzene rings is 1. The van der Waals surface area contributed by atoms with Crippen LogP contribution in [0.4, 0.5) is 0 Å². The van der Waals surface area contributed by atoms with E-state index in [9.17, 15) is 0 Å². The fourth-order valence-electron chi connectivity index (χ4n) is 4.64. The first-order chi connectivity index (χ1) is 10.3. The van der Waals surface area contributed by atoms with Gasteiger partial charge in [-0.05, 0) is 36.1 Å². The predicted octanol–water partition coefficient (Wildman–Crippen LogP) is 2.22. The highest BCUT2D eigenvalue weighted by Crippen LogP contribution is 2.53. The summed E-state index contributed by atoms with van der Waals surface area (Å²) >= 11 is 0. The summed E-state index contributed by atoms with van der Waals surface area (Å²) < 4.78 is 16.7. The second-order valence-electron chi connectivity index (χ2n) is 6.51. The SMILES string of the molecule is CO[C@H]1C=C[C@]23CCN(Cc4cc5c(cc42)OCO5)C3C1. The van der Waals surface area contributed by atoms with Gasteiger partial charge in [0.15, 0.2) is 11.5 Å². The van der Waals surface area contributed by atoms with E-state index in [1.807, 2.05) is 0 Å². The third-order valence-corrected chi connectivity index (χ3v) is 5.69. The molecular weight excluding hydrogens is 266 g/mol. The van der Waals surface area contributed by atoms with E-state index < -0.39 is 0 Å². The Labute approximate surface area is 124 Å². The molecule has 21 heavy (non-hydrogen) atoms. The van der Waals surface area contributed by atoms with E-state index in [1.54, 1.807) is 7.11 Å². The van der Waals surface area contributed by atoms with Crippen molar-refractivity contribution < 1.29 is 14.2 Å². The Balaban J connectivity index is 1.69. The summed E-state index contributed by atoms with van der Waals surface area (Å²) in [4.78, 5) is 2.61. The molecule has 1 aromatic rings. The molecule has 1 aromatic carbocycles. The summed E-state index contributed by atoms with van der Waals surface area (Å²) in [6.45, 7) is 2.52. The summed E-state index contributed by atoms with van der Waals surface area (Å²) in [5.74, 6) is 1.81. The molecule has 4 atom stereocenters. The Kier molecular flexibility index (Phi) is 2.31. The van der Waals surface area contributed by atoms with E-state index in [0.717, 1.165) is 31.0 Å². The Morgan fingerprint density at radius 3 is 3.00 bits per heavy atom. The van der Waals surface area contributed by atoms with Gasteiger partial charge in [0.2, 0.25) is 6.79 Å². The van der Waals surface area contributed by atoms with Crippen molar-refractivity contribution in [3.8, 4) is 11.5 Å². The lowest BCUT2D eigenvalue weighted by molar-refractivity contribution is 0.0750. The quantitative estimate of drug-likeness (QED) is 0.740. The number of hydrogen-bond donors (Lipinski definition) is 0. The topological polar surface area (TPSA) is 30.9 Å². The van der Waals surface area contributed by atoms with Crippen molar-refractivity contribution >= 4 is 0 Å². The Morgan fingerprint density at radius 1 is 1.29 bits per heavy atom. The standard InChI is InChI=1S/C17H19NO3/c1-19-12-2-3-17-4-5-18(16(17)7-12)9-11-6-14-15(8-13(11)17)21-10-20-14/h2-3,6,8,12,16H,4-5,7,9-10H2,1H3/t12-,16?,17-/m0/s1. The average molecular weight is 285 g/mol. The summed E-state index contributed by atoms with van der Waals surface area (Å²) in [6, 6.07) is 4.97. The monoisotopic (exact) mass is 285 g/mol. The van der Waals surface area contributed by atoms with Crippen molar-refractivity contribution in [2.75, 3.05) is 20.4 Å². The number of fused-ring (bicyclic) bond motifs is 2. The van der Waals surface area contributed by atoms with Gasteiger partial charge in [0.05, 0.1) is 6.10 Å². The Hall–Kier alpha value is -1.52. The first kappa shape index (κ1) is 12.1. The average Bonchev–Trinajstić information content (AvgIpc) is 3.07. The smallest absolute Gasteiger partial charge is 0.231 e. The van der Waals surface area contributed by atoms with Gasteiger partial charge in [-0.1, -0.05) is 12.2 Å². The normalized spacial score (nSPS) is 38.2. The third kappa shape index (κ3) is 1.47. The van der Waals surface area contributed by atoms with Gasteiger partial charge in [0, 0.05) is 31.7 Å². The van der Waals surface area contributed by atoms with E-state index in [-0.39, 0.29) is 11.5 Å². The maximum atomic E-state index is 5.61. The van der Waals surface area contributed by atoms with Crippen molar-refractivity contribution in [3.63, 3.8) is 0 Å². The van der Waals surface area contributed by atoms with Gasteiger partial charge in [-0.3, -0.25) is 4.90 Å². The number of hydrogen-bond acceptors (Lipinski definition) is 4. The lowest BCUT2D eigenvalue weighted by Gasteiger charge is -2.45. The van der Waals surface area contributed by atoms with Crippen LogP contribution in [-0.4, -0.2) is 37.5 Å². The molecular formula is C17H19NO3. The summed E-state index contributed by atoms with van der Waals surface area (Å²) in [7, 11) is 1.80. The molecule has 3 heterocycles. The Bertz CT molecular complexity index is 641. The van der Waals surface area contributed by atoms with Crippen LogP contribution in [0.3, 0.4) is 0 Å². The van der Waals surface area contributed by atoms with Crippen molar-refractivity contribution in [2.24, 2.45) is 0 Å². The predicted molar refractivity (Wildman–Crippen MR) is 77.6 cm³/mol. The lowest BCUT2D eigenvalue weighted by atomic mass is 9.66. The molecule has 4 heteroatoms. The molecule has 110 valence electrons. The van der Waals surface area contributed by atoms with Gasteiger partial charge < -0.3 is 14.2 Å². The minimum Gasteiger partial charge on any atom is -0.454 e. The van der Waals surface area contributed by atoms with E-state index >= 15 is 0 Å². The van der Waals surface area contributed by atoms with E-state index in [0.29, 0.717) is 12.8 Å². The van der Waals surface area contributed by atoms with Crippen LogP contribution in [0.25, 0.3) is 0 Å². The van der Waals surface area contributed by atoms with Gasteiger partial charge in [-0.2, -0.15) is 0 Å². The van der Waals surface area contributed by atoms with Crippen molar-refractivity contribution in [1.29, 1.82) is 0 Å². The highest BCUT2D eigenvalue weighted by atomic mass is 16.7. The maximum absolute atomic E-state index is 5.61. The molecule has 1 fully saturated rings. The summed E-state index contributed by atoms with van der Waals surface area (Å²) in [6.07, 6.45) is 7.17. The van der Waals surface area contributed by atoms with Gasteiger partial charge in [-0.25, -0.2) is 0 Å². The molecule has 5 rings (SSSR count). The summed E-state index contributed by atoms with van der Waals surface area (Å²) in [5.41, 5.74) is 2.98. The molecule has 2 bridgehead atoms. The first-order valence-electron chi connectivity index (χ1n) is 7.69. The first-order valence-corrected chi connectivity index (χ1v) is 7.69. The van der Waals surface area contributed by atoms with Crippen LogP contribution in [-0.2, 0) is 16.7 Å². The van der Waals surface area contributed by atoms with Gasteiger partial charge in [-0.15, -0.1) is 0 Å². The fourth-order valence-corrected chi connectivity index (χ4v) is 4.64. The zero-order valence-corrected chi connectivity index (χ0v) is 12.2. The van der Waals surface area contributed by atoms with Gasteiger partial charge in [0.25, 0.3) is 0 Å². The van der Waals surface area contributed by atoms with Gasteiger partial charge >= 0.3 is 0 Å². The fraction of sp³-hybridized carbons (Fsp3) is 0.529. The molecule has 1 saturated heterocycles. The highest BCUT2D eigenvalue weighted by molar-refractivity contribution is 5.55. The molecule has 0 spiro atoms. The zero-order valence-electron chi connectivity index (χ0n) is 12.2. The minimum absolute atomic E-state index is 0.142. The zero-order chi connectivity index (χ0) is 14.0. The van der Waals surface area contributed by atoms with E-state index in [1.165, 1.54) is 17.5 Å². The second kappa shape index (κ2) is 4.02. The third-order valence-electron chi connectivity index (χ3n) is 5.69. The molecule has 0 saturated carbocycles. The van der Waals surface area contributed by atoms with Crippen LogP contribution >= 0.6 is 0 Å². The molecule has 0 aromatic heterocycles. The van der Waals surface area contributed by atoms with Crippen LogP contribution < -0.4 is 9.47 Å². The minimum atomic E-state index is 0.142. The molecule has 0 radical (unpaired) electrons. The van der Waals surface area contributed by atoms with E-state index in [2.05, 4.69) is 29.2 Å². The molecule has 4 aliphatic rings. The maximum Gasteiger partial charge on any atom is 0.231 e. The van der Waals surface area contributed by atoms with Crippen molar-refractivity contribution in [2.45, 2.75) is 36.9 Å². The Morgan fingerprint density at radius 2 is 2.14 bits per heavy atom. The van der Waals surface area contributed by atoms with E-state index in [4.69, 9.17) is 14.2 Å². The number of ether oxygens (including phenoxy) is 3. The van der Waals surface area contributed by atoms with Gasteiger partial charge in [0.1, 0.15) is 0 Å². The van der Waals surface area contributed by atoms with Crippen molar-refractivity contribution in [3.05, 3.63) is 35.4 Å². The van der Waals surface area contributed by atoms with Crippen molar-refractivity contribution in [1.82, 2.24) is 4.90 Å². The molecule has 3 aliphatic heterocycles. The largest absolute Gasteiger partial charge is 0.454 e. The van der Waals surface area contributed by atoms with Crippen LogP contribution in [0.1, 0.15) is 24.0 Å². The molecule has 1 aliphatic carbocycles. The molecule has 0 amide bonds. The van der Waals surface area contributed by atoms with Crippen LogP contribution in [0.2, 0.25) is 0 Å². The number of rotatable bonds is 1. The van der Waals surface area contributed by atoms with Crippen LogP contribution in [0.15, 0.2) is 24.3 Å². The second-order valence-corrected chi connectivity index (χ2v) is 6.51.